The van der Waals surface area contributed by atoms with Crippen LogP contribution in [0, 0.1) is 5.92 Å². The first-order chi connectivity index (χ1) is 8.65. The number of nitrogens with two attached hydrogens (primary N) is 1. The minimum Gasteiger partial charge on any atom is -0.384 e. The van der Waals surface area contributed by atoms with Crippen LogP contribution in [0.4, 0.5) is 11.8 Å². The zero-order valence-electron chi connectivity index (χ0n) is 11.5. The van der Waals surface area contributed by atoms with Crippen molar-refractivity contribution in [2.75, 3.05) is 23.7 Å². The summed E-state index contributed by atoms with van der Waals surface area (Å²) in [5.41, 5.74) is 6.97. The monoisotopic (exact) mass is 248 g/mol. The van der Waals surface area contributed by atoms with Crippen molar-refractivity contribution in [3.05, 3.63) is 11.8 Å². The van der Waals surface area contributed by atoms with Crippen LogP contribution in [-0.4, -0.2) is 23.1 Å². The van der Waals surface area contributed by atoms with Crippen molar-refractivity contribution in [3.8, 4) is 0 Å². The first kappa shape index (κ1) is 13.1. The SMILES string of the molecule is CC(C)Cc1cc(N)nc(N2CCCCCC2)n1. The molecule has 2 heterocycles. The third-order valence-corrected chi connectivity index (χ3v) is 3.29. The number of rotatable bonds is 3. The summed E-state index contributed by atoms with van der Waals surface area (Å²) in [5.74, 6) is 2.02. The van der Waals surface area contributed by atoms with Crippen LogP contribution >= 0.6 is 0 Å². The molecule has 1 fully saturated rings. The maximum atomic E-state index is 5.90. The fraction of sp³-hybridized carbons (Fsp3) is 0.714. The molecule has 2 N–H and O–H groups in total. The van der Waals surface area contributed by atoms with Crippen molar-refractivity contribution >= 4 is 11.8 Å². The predicted molar refractivity (Wildman–Crippen MR) is 75.7 cm³/mol. The fourth-order valence-corrected chi connectivity index (χ4v) is 2.44. The topological polar surface area (TPSA) is 55.0 Å². The van der Waals surface area contributed by atoms with Gasteiger partial charge < -0.3 is 10.6 Å². The van der Waals surface area contributed by atoms with Gasteiger partial charge >= 0.3 is 0 Å². The molecule has 1 saturated heterocycles. The Morgan fingerprint density at radius 3 is 2.44 bits per heavy atom. The molecule has 4 heteroatoms. The van der Waals surface area contributed by atoms with Crippen LogP contribution in [-0.2, 0) is 6.42 Å². The van der Waals surface area contributed by atoms with E-state index in [4.69, 9.17) is 5.73 Å². The van der Waals surface area contributed by atoms with Gasteiger partial charge in [0.25, 0.3) is 0 Å². The number of anilines is 2. The minimum atomic E-state index is 0.594. The van der Waals surface area contributed by atoms with Crippen molar-refractivity contribution in [1.29, 1.82) is 0 Å². The number of hydrogen-bond acceptors (Lipinski definition) is 4. The highest BCUT2D eigenvalue weighted by molar-refractivity contribution is 5.40. The quantitative estimate of drug-likeness (QED) is 0.893. The summed E-state index contributed by atoms with van der Waals surface area (Å²) in [6.07, 6.45) is 6.07. The van der Waals surface area contributed by atoms with Crippen LogP contribution in [0.5, 0.6) is 0 Å². The lowest BCUT2D eigenvalue weighted by Gasteiger charge is -2.21. The first-order valence-corrected chi connectivity index (χ1v) is 7.03. The van der Waals surface area contributed by atoms with E-state index in [1.807, 2.05) is 6.07 Å². The molecular formula is C14H24N4. The van der Waals surface area contributed by atoms with Gasteiger partial charge in [-0.3, -0.25) is 0 Å². The molecule has 0 amide bonds. The van der Waals surface area contributed by atoms with Gasteiger partial charge in [-0.2, -0.15) is 4.98 Å². The summed E-state index contributed by atoms with van der Waals surface area (Å²) in [6, 6.07) is 1.90. The summed E-state index contributed by atoms with van der Waals surface area (Å²) in [7, 11) is 0. The molecule has 0 aromatic carbocycles. The first-order valence-electron chi connectivity index (χ1n) is 7.03. The van der Waals surface area contributed by atoms with Gasteiger partial charge in [0, 0.05) is 24.8 Å². The van der Waals surface area contributed by atoms with E-state index in [1.165, 1.54) is 25.7 Å². The van der Waals surface area contributed by atoms with Crippen molar-refractivity contribution in [1.82, 2.24) is 9.97 Å². The molecule has 1 aromatic rings. The molecule has 100 valence electrons. The second-order valence-electron chi connectivity index (χ2n) is 5.58. The van der Waals surface area contributed by atoms with E-state index in [1.54, 1.807) is 0 Å². The smallest absolute Gasteiger partial charge is 0.227 e. The van der Waals surface area contributed by atoms with Gasteiger partial charge in [0.2, 0.25) is 5.95 Å². The van der Waals surface area contributed by atoms with Crippen molar-refractivity contribution in [2.45, 2.75) is 46.0 Å². The molecule has 0 bridgehead atoms. The Hall–Kier alpha value is -1.32. The molecule has 1 aromatic heterocycles. The van der Waals surface area contributed by atoms with Crippen LogP contribution in [0.1, 0.15) is 45.2 Å². The van der Waals surface area contributed by atoms with E-state index < -0.39 is 0 Å². The largest absolute Gasteiger partial charge is 0.384 e. The fourth-order valence-electron chi connectivity index (χ4n) is 2.44. The van der Waals surface area contributed by atoms with Crippen LogP contribution in [0.2, 0.25) is 0 Å². The van der Waals surface area contributed by atoms with Gasteiger partial charge in [0.05, 0.1) is 0 Å². The Morgan fingerprint density at radius 1 is 1.17 bits per heavy atom. The van der Waals surface area contributed by atoms with Crippen molar-refractivity contribution < 1.29 is 0 Å². The highest BCUT2D eigenvalue weighted by Crippen LogP contribution is 2.18. The van der Waals surface area contributed by atoms with E-state index >= 15 is 0 Å². The number of hydrogen-bond donors (Lipinski definition) is 1. The lowest BCUT2D eigenvalue weighted by Crippen LogP contribution is -2.26. The molecule has 4 nitrogen and oxygen atoms in total. The lowest BCUT2D eigenvalue weighted by molar-refractivity contribution is 0.632. The highest BCUT2D eigenvalue weighted by Gasteiger charge is 2.14. The van der Waals surface area contributed by atoms with Crippen molar-refractivity contribution in [2.24, 2.45) is 5.92 Å². The Labute approximate surface area is 110 Å². The van der Waals surface area contributed by atoms with Crippen LogP contribution in [0.25, 0.3) is 0 Å². The van der Waals surface area contributed by atoms with Gasteiger partial charge in [-0.25, -0.2) is 4.98 Å². The Morgan fingerprint density at radius 2 is 1.83 bits per heavy atom. The average molecular weight is 248 g/mol. The molecule has 0 unspecified atom stereocenters. The summed E-state index contributed by atoms with van der Waals surface area (Å²) >= 11 is 0. The summed E-state index contributed by atoms with van der Waals surface area (Å²) < 4.78 is 0. The van der Waals surface area contributed by atoms with E-state index in [0.29, 0.717) is 11.7 Å². The Balaban J connectivity index is 2.17. The van der Waals surface area contributed by atoms with Crippen molar-refractivity contribution in [3.63, 3.8) is 0 Å². The molecule has 0 atom stereocenters. The molecule has 1 aliphatic heterocycles. The second-order valence-corrected chi connectivity index (χ2v) is 5.58. The zero-order chi connectivity index (χ0) is 13.0. The summed E-state index contributed by atoms with van der Waals surface area (Å²) in [6.45, 7) is 6.52. The van der Waals surface area contributed by atoms with Crippen LogP contribution < -0.4 is 10.6 Å². The van der Waals surface area contributed by atoms with E-state index in [2.05, 4.69) is 28.7 Å². The molecule has 0 radical (unpaired) electrons. The molecule has 0 spiro atoms. The maximum absolute atomic E-state index is 5.90. The summed E-state index contributed by atoms with van der Waals surface area (Å²) in [4.78, 5) is 11.4. The zero-order valence-corrected chi connectivity index (χ0v) is 11.5. The standard InChI is InChI=1S/C14H24N4/c1-11(2)9-12-10-13(15)17-14(16-12)18-7-5-3-4-6-8-18/h10-11H,3-9H2,1-2H3,(H2,15,16,17). The normalized spacial score (nSPS) is 16.9. The molecule has 18 heavy (non-hydrogen) atoms. The molecule has 0 saturated carbocycles. The van der Waals surface area contributed by atoms with Crippen LogP contribution in [0.15, 0.2) is 6.07 Å². The van der Waals surface area contributed by atoms with Gasteiger partial charge in [-0.15, -0.1) is 0 Å². The molecule has 1 aliphatic rings. The average Bonchev–Trinajstić information content (AvgIpc) is 2.55. The maximum Gasteiger partial charge on any atom is 0.227 e. The van der Waals surface area contributed by atoms with Gasteiger partial charge in [-0.05, 0) is 25.2 Å². The van der Waals surface area contributed by atoms with Gasteiger partial charge in [-0.1, -0.05) is 26.7 Å². The summed E-state index contributed by atoms with van der Waals surface area (Å²) in [5, 5.41) is 0. The Kier molecular flexibility index (Phi) is 4.39. The highest BCUT2D eigenvalue weighted by atomic mass is 15.3. The van der Waals surface area contributed by atoms with Crippen LogP contribution in [0.3, 0.4) is 0 Å². The number of nitrogens with zero attached hydrogens (tertiary/aromatic N) is 3. The van der Waals surface area contributed by atoms with E-state index in [0.717, 1.165) is 31.2 Å². The van der Waals surface area contributed by atoms with E-state index in [9.17, 15) is 0 Å². The third kappa shape index (κ3) is 3.59. The Bertz CT molecular complexity index is 381. The number of aromatic nitrogens is 2. The van der Waals surface area contributed by atoms with E-state index in [-0.39, 0.29) is 0 Å². The molecule has 0 aliphatic carbocycles. The van der Waals surface area contributed by atoms with Gasteiger partial charge in [0.1, 0.15) is 5.82 Å². The second kappa shape index (κ2) is 6.03. The molecule has 2 rings (SSSR count). The lowest BCUT2D eigenvalue weighted by atomic mass is 10.1. The number of nitrogen functional groups attached to an aromatic ring is 1. The third-order valence-electron chi connectivity index (χ3n) is 3.29. The predicted octanol–water partition coefficient (Wildman–Crippen LogP) is 2.64. The van der Waals surface area contributed by atoms with Gasteiger partial charge in [0.15, 0.2) is 0 Å². The minimum absolute atomic E-state index is 0.594. The molecular weight excluding hydrogens is 224 g/mol.